The SMILES string of the molecule is COc1ccc(C(=O)N2C=C(c3ccccc3)N(CC(=O)N[C@@H](Cc3ccccc3)C(=O)C(=O)O)C(=O)C2C(C)C)cc1. The average Bonchev–Trinajstić information content (AvgIpc) is 3.01. The fraction of sp³-hybridized carbons (Fsp3) is 0.242. The molecule has 2 N–H and O–H groups in total. The van der Waals surface area contributed by atoms with E-state index in [0.717, 1.165) is 0 Å². The van der Waals surface area contributed by atoms with Gasteiger partial charge in [0.05, 0.1) is 12.8 Å². The van der Waals surface area contributed by atoms with Crippen LogP contribution in [0.25, 0.3) is 5.70 Å². The Labute approximate surface area is 249 Å². The highest BCUT2D eigenvalue weighted by molar-refractivity contribution is 6.35. The highest BCUT2D eigenvalue weighted by Crippen LogP contribution is 2.31. The minimum absolute atomic E-state index is 0.0359. The molecule has 3 amide bonds. The molecule has 2 atom stereocenters. The van der Waals surface area contributed by atoms with Gasteiger partial charge >= 0.3 is 5.97 Å². The van der Waals surface area contributed by atoms with Gasteiger partial charge in [-0.25, -0.2) is 4.79 Å². The van der Waals surface area contributed by atoms with E-state index in [-0.39, 0.29) is 12.3 Å². The quantitative estimate of drug-likeness (QED) is 0.331. The van der Waals surface area contributed by atoms with Gasteiger partial charge in [0.1, 0.15) is 24.4 Å². The predicted octanol–water partition coefficient (Wildman–Crippen LogP) is 3.38. The van der Waals surface area contributed by atoms with Gasteiger partial charge in [-0.05, 0) is 41.3 Å². The van der Waals surface area contributed by atoms with Gasteiger partial charge in [0, 0.05) is 18.2 Å². The van der Waals surface area contributed by atoms with Crippen molar-refractivity contribution in [1.82, 2.24) is 15.1 Å². The third-order valence-corrected chi connectivity index (χ3v) is 7.09. The van der Waals surface area contributed by atoms with E-state index in [1.165, 1.54) is 16.9 Å². The number of hydrogen-bond acceptors (Lipinski definition) is 6. The van der Waals surface area contributed by atoms with E-state index in [1.807, 2.05) is 0 Å². The molecule has 3 aromatic rings. The van der Waals surface area contributed by atoms with Crippen LogP contribution in [0.3, 0.4) is 0 Å². The van der Waals surface area contributed by atoms with Crippen LogP contribution in [0, 0.1) is 5.92 Å². The molecule has 10 nitrogen and oxygen atoms in total. The van der Waals surface area contributed by atoms with E-state index in [0.29, 0.717) is 28.1 Å². The van der Waals surface area contributed by atoms with Crippen molar-refractivity contribution in [2.24, 2.45) is 5.92 Å². The van der Waals surface area contributed by atoms with E-state index in [1.54, 1.807) is 105 Å². The van der Waals surface area contributed by atoms with Crippen LogP contribution < -0.4 is 10.1 Å². The topological polar surface area (TPSA) is 133 Å². The summed E-state index contributed by atoms with van der Waals surface area (Å²) in [4.78, 5) is 67.9. The standard InChI is InChI=1S/C33H33N3O7/c1-21(2)29-32(40)35(20-28(37)34-26(30(38)33(41)42)18-22-10-6-4-7-11-22)27(23-12-8-5-9-13-23)19-36(29)31(39)24-14-16-25(43-3)17-15-24/h4-17,19,21,26,29H,18,20H2,1-3H3,(H,34,37)(H,41,42)/t26-,29?/m0/s1. The number of carboxylic acids is 1. The molecule has 1 aliphatic rings. The molecule has 0 radical (unpaired) electrons. The highest BCUT2D eigenvalue weighted by atomic mass is 16.5. The molecule has 222 valence electrons. The lowest BCUT2D eigenvalue weighted by molar-refractivity contribution is -0.150. The number of benzene rings is 3. The van der Waals surface area contributed by atoms with E-state index in [9.17, 15) is 29.1 Å². The molecular formula is C33H33N3O7. The highest BCUT2D eigenvalue weighted by Gasteiger charge is 2.41. The van der Waals surface area contributed by atoms with E-state index >= 15 is 0 Å². The number of ketones is 1. The summed E-state index contributed by atoms with van der Waals surface area (Å²) in [5, 5.41) is 11.9. The number of aliphatic carboxylic acids is 1. The maximum Gasteiger partial charge on any atom is 0.374 e. The Morgan fingerprint density at radius 1 is 0.907 bits per heavy atom. The van der Waals surface area contributed by atoms with Crippen molar-refractivity contribution in [3.63, 3.8) is 0 Å². The number of ether oxygens (including phenoxy) is 1. The number of hydrogen-bond donors (Lipinski definition) is 2. The molecule has 3 aromatic carbocycles. The minimum Gasteiger partial charge on any atom is -0.497 e. The minimum atomic E-state index is -1.67. The van der Waals surface area contributed by atoms with Crippen LogP contribution in [-0.4, -0.2) is 70.1 Å². The van der Waals surface area contributed by atoms with E-state index < -0.39 is 48.1 Å². The molecule has 4 rings (SSSR count). The smallest absolute Gasteiger partial charge is 0.374 e. The molecule has 0 saturated carbocycles. The summed E-state index contributed by atoms with van der Waals surface area (Å²) in [5.41, 5.74) is 1.91. The zero-order valence-electron chi connectivity index (χ0n) is 24.1. The first-order valence-electron chi connectivity index (χ1n) is 13.8. The summed E-state index contributed by atoms with van der Waals surface area (Å²) in [6.07, 6.45) is 1.52. The summed E-state index contributed by atoms with van der Waals surface area (Å²) in [7, 11) is 1.52. The van der Waals surface area contributed by atoms with Crippen molar-refractivity contribution in [1.29, 1.82) is 0 Å². The largest absolute Gasteiger partial charge is 0.497 e. The second kappa shape index (κ2) is 13.6. The van der Waals surface area contributed by atoms with Gasteiger partial charge < -0.3 is 20.1 Å². The van der Waals surface area contributed by atoms with Crippen LogP contribution >= 0.6 is 0 Å². The Morgan fingerprint density at radius 2 is 1.51 bits per heavy atom. The van der Waals surface area contributed by atoms with Crippen molar-refractivity contribution < 1.29 is 33.8 Å². The van der Waals surface area contributed by atoms with Crippen molar-refractivity contribution in [2.45, 2.75) is 32.4 Å². The molecule has 0 saturated heterocycles. The second-order valence-electron chi connectivity index (χ2n) is 10.4. The van der Waals surface area contributed by atoms with Crippen LogP contribution in [-0.2, 0) is 25.6 Å². The number of amides is 3. The fourth-order valence-corrected chi connectivity index (χ4v) is 4.95. The van der Waals surface area contributed by atoms with E-state index in [2.05, 4.69) is 5.32 Å². The lowest BCUT2D eigenvalue weighted by atomic mass is 9.96. The Morgan fingerprint density at radius 3 is 2.07 bits per heavy atom. The lowest BCUT2D eigenvalue weighted by Gasteiger charge is -2.41. The Kier molecular flexibility index (Phi) is 9.72. The third kappa shape index (κ3) is 7.16. The zero-order chi connectivity index (χ0) is 31.1. The average molecular weight is 584 g/mol. The molecule has 1 heterocycles. The van der Waals surface area contributed by atoms with Crippen LogP contribution in [0.1, 0.15) is 35.3 Å². The van der Waals surface area contributed by atoms with Gasteiger partial charge in [-0.1, -0.05) is 74.5 Å². The summed E-state index contributed by atoms with van der Waals surface area (Å²) in [6.45, 7) is 3.11. The monoisotopic (exact) mass is 583 g/mol. The number of Topliss-reactive ketones (excluding diaryl/α,β-unsaturated/α-hetero) is 1. The van der Waals surface area contributed by atoms with Crippen LogP contribution in [0.2, 0.25) is 0 Å². The summed E-state index contributed by atoms with van der Waals surface area (Å²) in [5.74, 6) is -4.20. The molecule has 1 aliphatic heterocycles. The number of carbonyl (C=O) groups excluding carboxylic acids is 4. The molecule has 43 heavy (non-hydrogen) atoms. The maximum atomic E-state index is 14.1. The van der Waals surface area contributed by atoms with Crippen LogP contribution in [0.4, 0.5) is 0 Å². The summed E-state index contributed by atoms with van der Waals surface area (Å²) < 4.78 is 5.20. The molecule has 0 aromatic heterocycles. The van der Waals surface area contributed by atoms with Gasteiger partial charge in [-0.3, -0.25) is 24.1 Å². The number of carbonyl (C=O) groups is 5. The van der Waals surface area contributed by atoms with Gasteiger partial charge in [0.25, 0.3) is 17.6 Å². The number of methoxy groups -OCH3 is 1. The number of nitrogens with one attached hydrogen (secondary N) is 1. The van der Waals surface area contributed by atoms with Crippen molar-refractivity contribution >= 4 is 35.2 Å². The summed E-state index contributed by atoms with van der Waals surface area (Å²) >= 11 is 0. The van der Waals surface area contributed by atoms with Crippen molar-refractivity contribution in [3.8, 4) is 5.75 Å². The summed E-state index contributed by atoms with van der Waals surface area (Å²) in [6, 6.07) is 21.8. The molecule has 0 bridgehead atoms. The fourth-order valence-electron chi connectivity index (χ4n) is 4.95. The molecule has 0 fully saturated rings. The van der Waals surface area contributed by atoms with Crippen LogP contribution in [0.5, 0.6) is 5.75 Å². The molecule has 10 heteroatoms. The first-order valence-corrected chi connectivity index (χ1v) is 13.8. The number of rotatable bonds is 11. The Hall–Kier alpha value is -5.25. The molecule has 0 spiro atoms. The van der Waals surface area contributed by atoms with Gasteiger partial charge in [-0.2, -0.15) is 0 Å². The Bertz CT molecular complexity index is 1520. The van der Waals surface area contributed by atoms with Gasteiger partial charge in [-0.15, -0.1) is 0 Å². The first kappa shape index (κ1) is 30.7. The maximum absolute atomic E-state index is 14.1. The van der Waals surface area contributed by atoms with Gasteiger partial charge in [0.2, 0.25) is 5.91 Å². The van der Waals surface area contributed by atoms with Crippen LogP contribution in [0.15, 0.2) is 91.1 Å². The lowest BCUT2D eigenvalue weighted by Crippen LogP contribution is -2.57. The zero-order valence-corrected chi connectivity index (χ0v) is 24.1. The first-order chi connectivity index (χ1) is 20.6. The van der Waals surface area contributed by atoms with Gasteiger partial charge in [0.15, 0.2) is 0 Å². The Balaban J connectivity index is 1.68. The van der Waals surface area contributed by atoms with Crippen molar-refractivity contribution in [2.75, 3.05) is 13.7 Å². The predicted molar refractivity (Wildman–Crippen MR) is 159 cm³/mol. The third-order valence-electron chi connectivity index (χ3n) is 7.09. The molecule has 0 aliphatic carbocycles. The molecule has 1 unspecified atom stereocenters. The van der Waals surface area contributed by atoms with Crippen molar-refractivity contribution in [3.05, 3.63) is 108 Å². The second-order valence-corrected chi connectivity index (χ2v) is 10.4. The molecular weight excluding hydrogens is 550 g/mol. The number of carboxylic acid groups (broad SMARTS) is 1. The number of nitrogens with zero attached hydrogens (tertiary/aromatic N) is 2. The van der Waals surface area contributed by atoms with E-state index in [4.69, 9.17) is 4.74 Å². The normalized spacial score (nSPS) is 15.5.